The molecule has 86 valence electrons. The summed E-state index contributed by atoms with van der Waals surface area (Å²) in [6.07, 6.45) is 0. The van der Waals surface area contributed by atoms with Crippen molar-refractivity contribution in [1.82, 2.24) is 0 Å². The predicted octanol–water partition coefficient (Wildman–Crippen LogP) is 6.09. The number of halogens is 2. The fourth-order valence-electron chi connectivity index (χ4n) is 2.19. The van der Waals surface area contributed by atoms with Crippen molar-refractivity contribution in [1.29, 1.82) is 0 Å². The summed E-state index contributed by atoms with van der Waals surface area (Å²) in [5.74, 6) is 0. The van der Waals surface area contributed by atoms with Crippen molar-refractivity contribution in [3.63, 3.8) is 0 Å². The Hall–Kier alpha value is -0.570. The molecule has 17 heavy (non-hydrogen) atoms. The lowest BCUT2D eigenvalue weighted by Gasteiger charge is -2.03. The van der Waals surface area contributed by atoms with Gasteiger partial charge < -0.3 is 0 Å². The lowest BCUT2D eigenvalue weighted by Crippen LogP contribution is -1.81. The SMILES string of the molecule is Cc1cc2c(sc3cc(Br)ccc32)c(C)c1Cl. The summed E-state index contributed by atoms with van der Waals surface area (Å²) in [6.45, 7) is 4.17. The average Bonchev–Trinajstić information content (AvgIpc) is 2.64. The van der Waals surface area contributed by atoms with E-state index in [2.05, 4.69) is 54.0 Å². The van der Waals surface area contributed by atoms with Crippen LogP contribution in [-0.4, -0.2) is 0 Å². The third-order valence-electron chi connectivity index (χ3n) is 3.07. The van der Waals surface area contributed by atoms with Gasteiger partial charge in [-0.15, -0.1) is 11.3 Å². The van der Waals surface area contributed by atoms with Crippen LogP contribution in [0.4, 0.5) is 0 Å². The van der Waals surface area contributed by atoms with Crippen LogP contribution < -0.4 is 0 Å². The maximum atomic E-state index is 6.31. The van der Waals surface area contributed by atoms with Crippen LogP contribution in [-0.2, 0) is 0 Å². The molecule has 3 rings (SSSR count). The average molecular weight is 326 g/mol. The van der Waals surface area contributed by atoms with Gasteiger partial charge >= 0.3 is 0 Å². The van der Waals surface area contributed by atoms with Gasteiger partial charge in [0.05, 0.1) is 0 Å². The first-order valence-electron chi connectivity index (χ1n) is 5.35. The molecule has 0 unspecified atom stereocenters. The van der Waals surface area contributed by atoms with Crippen LogP contribution >= 0.6 is 38.9 Å². The molecule has 0 aliphatic heterocycles. The van der Waals surface area contributed by atoms with E-state index in [0.29, 0.717) is 0 Å². The van der Waals surface area contributed by atoms with E-state index in [-0.39, 0.29) is 0 Å². The Kier molecular flexibility index (Phi) is 2.69. The third kappa shape index (κ3) is 1.70. The standard InChI is InChI=1S/C14H10BrClS/c1-7-5-11-10-4-3-9(15)6-12(10)17-14(11)8(2)13(7)16/h3-6H,1-2H3. The Morgan fingerprint density at radius 3 is 2.65 bits per heavy atom. The largest absolute Gasteiger partial charge is 0.135 e. The summed E-state index contributed by atoms with van der Waals surface area (Å²) in [4.78, 5) is 0. The molecular formula is C14H10BrClS. The van der Waals surface area contributed by atoms with Crippen molar-refractivity contribution in [3.8, 4) is 0 Å². The molecule has 0 nitrogen and oxygen atoms in total. The second-order valence-corrected chi connectivity index (χ2v) is 6.60. The van der Waals surface area contributed by atoms with Gasteiger partial charge in [-0.1, -0.05) is 33.6 Å². The van der Waals surface area contributed by atoms with Crippen molar-refractivity contribution in [2.75, 3.05) is 0 Å². The van der Waals surface area contributed by atoms with Crippen LogP contribution in [0, 0.1) is 13.8 Å². The van der Waals surface area contributed by atoms with Gasteiger partial charge in [-0.3, -0.25) is 0 Å². The van der Waals surface area contributed by atoms with Gasteiger partial charge in [-0.25, -0.2) is 0 Å². The smallest absolute Gasteiger partial charge is 0.0478 e. The molecule has 0 spiro atoms. The molecule has 0 fully saturated rings. The lowest BCUT2D eigenvalue weighted by atomic mass is 10.1. The van der Waals surface area contributed by atoms with E-state index in [1.807, 2.05) is 11.3 Å². The molecule has 0 radical (unpaired) electrons. The van der Waals surface area contributed by atoms with Crippen LogP contribution in [0.5, 0.6) is 0 Å². The van der Waals surface area contributed by atoms with Crippen molar-refractivity contribution >= 4 is 59.0 Å². The monoisotopic (exact) mass is 324 g/mol. The minimum atomic E-state index is 0.892. The van der Waals surface area contributed by atoms with E-state index < -0.39 is 0 Å². The van der Waals surface area contributed by atoms with Crippen LogP contribution in [0.3, 0.4) is 0 Å². The van der Waals surface area contributed by atoms with Gasteiger partial charge in [0.2, 0.25) is 0 Å². The van der Waals surface area contributed by atoms with Gasteiger partial charge in [0.25, 0.3) is 0 Å². The number of hydrogen-bond donors (Lipinski definition) is 0. The molecule has 0 aliphatic carbocycles. The molecule has 0 saturated heterocycles. The fourth-order valence-corrected chi connectivity index (χ4v) is 4.13. The first kappa shape index (κ1) is 11.5. The van der Waals surface area contributed by atoms with E-state index >= 15 is 0 Å². The fraction of sp³-hybridized carbons (Fsp3) is 0.143. The number of aryl methyl sites for hydroxylation is 2. The van der Waals surface area contributed by atoms with Crippen molar-refractivity contribution in [2.24, 2.45) is 0 Å². The van der Waals surface area contributed by atoms with Crippen LogP contribution in [0.2, 0.25) is 5.02 Å². The van der Waals surface area contributed by atoms with E-state index in [1.165, 1.54) is 25.7 Å². The summed E-state index contributed by atoms with van der Waals surface area (Å²) >= 11 is 11.6. The van der Waals surface area contributed by atoms with Crippen LogP contribution in [0.1, 0.15) is 11.1 Å². The highest BCUT2D eigenvalue weighted by Gasteiger charge is 2.11. The quantitative estimate of drug-likeness (QED) is 0.469. The van der Waals surface area contributed by atoms with Gasteiger partial charge in [0.15, 0.2) is 0 Å². The molecule has 1 heterocycles. The minimum Gasteiger partial charge on any atom is -0.135 e. The molecule has 0 aliphatic rings. The molecule has 0 atom stereocenters. The number of rotatable bonds is 0. The summed E-state index contributed by atoms with van der Waals surface area (Å²) in [5.41, 5.74) is 2.35. The van der Waals surface area contributed by atoms with E-state index in [4.69, 9.17) is 11.6 Å². The molecule has 2 aromatic carbocycles. The summed E-state index contributed by atoms with van der Waals surface area (Å²) in [7, 11) is 0. The Bertz CT molecular complexity index is 743. The molecule has 1 aromatic heterocycles. The normalized spacial score (nSPS) is 11.5. The number of fused-ring (bicyclic) bond motifs is 3. The number of benzene rings is 2. The Labute approximate surface area is 117 Å². The van der Waals surface area contributed by atoms with Crippen LogP contribution in [0.15, 0.2) is 28.7 Å². The number of thiophene rings is 1. The Balaban J connectivity index is 2.56. The Morgan fingerprint density at radius 1 is 1.12 bits per heavy atom. The van der Waals surface area contributed by atoms with Gasteiger partial charge in [0.1, 0.15) is 0 Å². The highest BCUT2D eigenvalue weighted by molar-refractivity contribution is 9.10. The van der Waals surface area contributed by atoms with E-state index in [9.17, 15) is 0 Å². The molecule has 0 amide bonds. The van der Waals surface area contributed by atoms with Crippen LogP contribution in [0.25, 0.3) is 20.2 Å². The van der Waals surface area contributed by atoms with E-state index in [0.717, 1.165) is 15.1 Å². The topological polar surface area (TPSA) is 0 Å². The van der Waals surface area contributed by atoms with Crippen molar-refractivity contribution in [2.45, 2.75) is 13.8 Å². The number of hydrogen-bond acceptors (Lipinski definition) is 1. The van der Waals surface area contributed by atoms with Crippen molar-refractivity contribution in [3.05, 3.63) is 44.9 Å². The van der Waals surface area contributed by atoms with Gasteiger partial charge in [0, 0.05) is 29.7 Å². The molecule has 3 heteroatoms. The minimum absolute atomic E-state index is 0.892. The van der Waals surface area contributed by atoms with E-state index in [1.54, 1.807) is 0 Å². The predicted molar refractivity (Wildman–Crippen MR) is 81.5 cm³/mol. The lowest BCUT2D eigenvalue weighted by molar-refractivity contribution is 1.44. The third-order valence-corrected chi connectivity index (χ3v) is 5.43. The second-order valence-electron chi connectivity index (χ2n) is 4.25. The zero-order valence-corrected chi connectivity index (χ0v) is 12.6. The molecule has 0 saturated carbocycles. The highest BCUT2D eigenvalue weighted by atomic mass is 79.9. The maximum Gasteiger partial charge on any atom is 0.0478 e. The van der Waals surface area contributed by atoms with Gasteiger partial charge in [-0.05, 0) is 43.2 Å². The Morgan fingerprint density at radius 2 is 1.88 bits per heavy atom. The maximum absolute atomic E-state index is 6.31. The first-order valence-corrected chi connectivity index (χ1v) is 7.34. The highest BCUT2D eigenvalue weighted by Crippen LogP contribution is 2.40. The summed E-state index contributed by atoms with van der Waals surface area (Å²) in [5, 5.41) is 3.52. The van der Waals surface area contributed by atoms with Gasteiger partial charge in [-0.2, -0.15) is 0 Å². The summed E-state index contributed by atoms with van der Waals surface area (Å²) < 4.78 is 3.73. The molecular weight excluding hydrogens is 316 g/mol. The molecule has 0 bridgehead atoms. The summed E-state index contributed by atoms with van der Waals surface area (Å²) in [6, 6.07) is 8.62. The zero-order chi connectivity index (χ0) is 12.2. The van der Waals surface area contributed by atoms with Crippen molar-refractivity contribution < 1.29 is 0 Å². The second kappa shape index (κ2) is 3.98. The molecule has 3 aromatic rings. The first-order chi connectivity index (χ1) is 8.08. The molecule has 0 N–H and O–H groups in total. The zero-order valence-electron chi connectivity index (χ0n) is 9.47.